The van der Waals surface area contributed by atoms with Gasteiger partial charge < -0.3 is 15.3 Å². The highest BCUT2D eigenvalue weighted by Crippen LogP contribution is 2.46. The van der Waals surface area contributed by atoms with Crippen molar-refractivity contribution in [1.82, 2.24) is 0 Å². The number of hydrogen-bond acceptors (Lipinski definition) is 3. The van der Waals surface area contributed by atoms with Gasteiger partial charge in [0.2, 0.25) is 0 Å². The molecule has 0 radical (unpaired) electrons. The summed E-state index contributed by atoms with van der Waals surface area (Å²) in [5.74, 6) is 0.958. The maximum Gasteiger partial charge on any atom is 0.121 e. The molecule has 0 unspecified atom stereocenters. The normalized spacial score (nSPS) is 11.7. The molecule has 0 aliphatic carbocycles. The number of phenols is 3. The summed E-state index contributed by atoms with van der Waals surface area (Å²) in [6.45, 7) is 13.7. The van der Waals surface area contributed by atoms with Gasteiger partial charge in [0.1, 0.15) is 17.2 Å². The highest BCUT2D eigenvalue weighted by molar-refractivity contribution is 5.59. The third-order valence-corrected chi connectivity index (χ3v) is 6.48. The number of aryl methyl sites for hydroxylation is 6. The van der Waals surface area contributed by atoms with Crippen molar-refractivity contribution in [3.63, 3.8) is 0 Å². The van der Waals surface area contributed by atoms with E-state index in [0.29, 0.717) is 17.2 Å². The van der Waals surface area contributed by atoms with Crippen LogP contribution in [0.2, 0.25) is 0 Å². The van der Waals surface area contributed by atoms with Crippen LogP contribution in [0.4, 0.5) is 0 Å². The zero-order chi connectivity index (χ0) is 22.4. The van der Waals surface area contributed by atoms with E-state index in [2.05, 4.69) is 43.3 Å². The number of phenolic OH excluding ortho intramolecular Hbond substituents is 3. The summed E-state index contributed by atoms with van der Waals surface area (Å²) in [7, 11) is 0. The van der Waals surface area contributed by atoms with E-state index in [4.69, 9.17) is 0 Å². The molecule has 0 amide bonds. The average Bonchev–Trinajstić information content (AvgIpc) is 2.69. The van der Waals surface area contributed by atoms with Crippen LogP contribution in [0.15, 0.2) is 36.4 Å². The van der Waals surface area contributed by atoms with Gasteiger partial charge >= 0.3 is 0 Å². The number of hydrogen-bond donors (Lipinski definition) is 3. The molecule has 3 aromatic rings. The van der Waals surface area contributed by atoms with Crippen molar-refractivity contribution in [2.24, 2.45) is 0 Å². The molecule has 0 spiro atoms. The topological polar surface area (TPSA) is 60.7 Å². The molecule has 0 aliphatic heterocycles. The lowest BCUT2D eigenvalue weighted by Crippen LogP contribution is -2.29. The van der Waals surface area contributed by atoms with Crippen LogP contribution >= 0.6 is 0 Å². The average molecular weight is 405 g/mol. The van der Waals surface area contributed by atoms with Gasteiger partial charge in [0.25, 0.3) is 0 Å². The van der Waals surface area contributed by atoms with Crippen LogP contribution in [0, 0.1) is 41.5 Å². The van der Waals surface area contributed by atoms with E-state index in [9.17, 15) is 15.3 Å². The molecule has 3 N–H and O–H groups in total. The molecule has 0 atom stereocenters. The van der Waals surface area contributed by atoms with E-state index in [1.165, 1.54) is 0 Å². The summed E-state index contributed by atoms with van der Waals surface area (Å²) in [6.07, 6.45) is 0.782. The molecule has 158 valence electrons. The maximum atomic E-state index is 10.4. The lowest BCUT2D eigenvalue weighted by molar-refractivity contribution is 0.463. The summed E-state index contributed by atoms with van der Waals surface area (Å²) >= 11 is 0. The Balaban J connectivity index is 2.48. The van der Waals surface area contributed by atoms with Gasteiger partial charge in [-0.25, -0.2) is 0 Å². The SMILES string of the molecule is CCC(c1cc(C)c(O)c(C)c1)(c1cc(C)c(O)c(C)c1)c1cc(C)c(O)c(C)c1. The van der Waals surface area contributed by atoms with Crippen LogP contribution < -0.4 is 0 Å². The molecule has 3 rings (SSSR count). The Morgan fingerprint density at radius 3 is 0.867 bits per heavy atom. The zero-order valence-corrected chi connectivity index (χ0v) is 19.0. The predicted octanol–water partition coefficient (Wildman–Crippen LogP) is 6.40. The van der Waals surface area contributed by atoms with Gasteiger partial charge in [-0.05, 0) is 98.0 Å². The molecule has 0 aromatic heterocycles. The Morgan fingerprint density at radius 2 is 0.700 bits per heavy atom. The van der Waals surface area contributed by atoms with Crippen molar-refractivity contribution in [2.45, 2.75) is 60.3 Å². The summed E-state index contributed by atoms with van der Waals surface area (Å²) in [5, 5.41) is 31.2. The second kappa shape index (κ2) is 7.71. The first-order valence-corrected chi connectivity index (χ1v) is 10.4. The smallest absolute Gasteiger partial charge is 0.121 e. The molecule has 3 aromatic carbocycles. The van der Waals surface area contributed by atoms with E-state index in [1.807, 2.05) is 41.5 Å². The molecule has 0 saturated heterocycles. The summed E-state index contributed by atoms with van der Waals surface area (Å²) < 4.78 is 0. The first kappa shape index (κ1) is 21.8. The fourth-order valence-electron chi connectivity index (χ4n) is 4.72. The quantitative estimate of drug-likeness (QED) is 0.441. The Bertz CT molecular complexity index is 916. The fraction of sp³-hybridized carbons (Fsp3) is 0.333. The first-order chi connectivity index (χ1) is 14.0. The summed E-state index contributed by atoms with van der Waals surface area (Å²) in [6, 6.07) is 12.3. The predicted molar refractivity (Wildman–Crippen MR) is 123 cm³/mol. The highest BCUT2D eigenvalue weighted by Gasteiger charge is 2.36. The molecule has 0 bridgehead atoms. The molecule has 0 fully saturated rings. The van der Waals surface area contributed by atoms with Crippen LogP contribution in [0.3, 0.4) is 0 Å². The van der Waals surface area contributed by atoms with Gasteiger partial charge in [-0.3, -0.25) is 0 Å². The van der Waals surface area contributed by atoms with E-state index < -0.39 is 5.41 Å². The van der Waals surface area contributed by atoms with E-state index >= 15 is 0 Å². The van der Waals surface area contributed by atoms with Gasteiger partial charge in [0.15, 0.2) is 0 Å². The van der Waals surface area contributed by atoms with Crippen LogP contribution in [0.1, 0.15) is 63.4 Å². The zero-order valence-electron chi connectivity index (χ0n) is 19.0. The van der Waals surface area contributed by atoms with Gasteiger partial charge in [0, 0.05) is 5.41 Å². The Kier molecular flexibility index (Phi) is 5.60. The van der Waals surface area contributed by atoms with Crippen LogP contribution in [0.25, 0.3) is 0 Å². The van der Waals surface area contributed by atoms with E-state index in [1.54, 1.807) is 0 Å². The van der Waals surface area contributed by atoms with E-state index in [0.717, 1.165) is 56.5 Å². The van der Waals surface area contributed by atoms with Gasteiger partial charge in [-0.1, -0.05) is 43.3 Å². The minimum absolute atomic E-state index is 0.319. The third kappa shape index (κ3) is 3.32. The molecule has 3 nitrogen and oxygen atoms in total. The van der Waals surface area contributed by atoms with Crippen LogP contribution in [-0.2, 0) is 5.41 Å². The minimum Gasteiger partial charge on any atom is -0.507 e. The molecule has 30 heavy (non-hydrogen) atoms. The van der Waals surface area contributed by atoms with Crippen molar-refractivity contribution in [2.75, 3.05) is 0 Å². The second-order valence-corrected chi connectivity index (χ2v) is 8.63. The summed E-state index contributed by atoms with van der Waals surface area (Å²) in [4.78, 5) is 0. The molecule has 3 heteroatoms. The summed E-state index contributed by atoms with van der Waals surface area (Å²) in [5.41, 5.74) is 7.79. The minimum atomic E-state index is -0.490. The third-order valence-electron chi connectivity index (χ3n) is 6.48. The number of benzene rings is 3. The highest BCUT2D eigenvalue weighted by atomic mass is 16.3. The Labute approximate surface area is 179 Å². The van der Waals surface area contributed by atoms with Crippen molar-refractivity contribution in [3.8, 4) is 17.2 Å². The number of rotatable bonds is 4. The standard InChI is InChI=1S/C27H32O3/c1-8-27(21-9-15(2)24(28)16(3)10-21,22-11-17(4)25(29)18(5)12-22)23-13-19(6)26(30)20(7)14-23/h9-14,28-30H,8H2,1-7H3. The van der Waals surface area contributed by atoms with Crippen molar-refractivity contribution in [3.05, 3.63) is 86.5 Å². The van der Waals surface area contributed by atoms with Crippen LogP contribution in [0.5, 0.6) is 17.2 Å². The maximum absolute atomic E-state index is 10.4. The molecule has 0 aliphatic rings. The van der Waals surface area contributed by atoms with Gasteiger partial charge in [-0.15, -0.1) is 0 Å². The van der Waals surface area contributed by atoms with Gasteiger partial charge in [0.05, 0.1) is 0 Å². The Hall–Kier alpha value is -2.94. The van der Waals surface area contributed by atoms with E-state index in [-0.39, 0.29) is 0 Å². The van der Waals surface area contributed by atoms with Crippen LogP contribution in [-0.4, -0.2) is 15.3 Å². The van der Waals surface area contributed by atoms with Crippen molar-refractivity contribution >= 4 is 0 Å². The molecule has 0 heterocycles. The largest absolute Gasteiger partial charge is 0.507 e. The lowest BCUT2D eigenvalue weighted by Gasteiger charge is -2.37. The first-order valence-electron chi connectivity index (χ1n) is 10.4. The molecule has 0 saturated carbocycles. The second-order valence-electron chi connectivity index (χ2n) is 8.63. The van der Waals surface area contributed by atoms with Gasteiger partial charge in [-0.2, -0.15) is 0 Å². The van der Waals surface area contributed by atoms with Crippen molar-refractivity contribution < 1.29 is 15.3 Å². The monoisotopic (exact) mass is 404 g/mol. The molecular weight excluding hydrogens is 372 g/mol. The number of aromatic hydroxyl groups is 3. The Morgan fingerprint density at radius 1 is 0.500 bits per heavy atom. The lowest BCUT2D eigenvalue weighted by atomic mass is 9.66. The van der Waals surface area contributed by atoms with Crippen molar-refractivity contribution in [1.29, 1.82) is 0 Å². The molecular formula is C27H32O3. The fourth-order valence-corrected chi connectivity index (χ4v) is 4.72.